The van der Waals surface area contributed by atoms with E-state index in [4.69, 9.17) is 22.5 Å². The molecule has 0 spiro atoms. The molecule has 0 bridgehead atoms. The molecule has 0 radical (unpaired) electrons. The van der Waals surface area contributed by atoms with E-state index in [2.05, 4.69) is 41.2 Å². The summed E-state index contributed by atoms with van der Waals surface area (Å²) in [5.74, 6) is 0.0440. The van der Waals surface area contributed by atoms with E-state index in [1.54, 1.807) is 6.20 Å². The van der Waals surface area contributed by atoms with E-state index < -0.39 is 12.0 Å². The second kappa shape index (κ2) is 16.1. The van der Waals surface area contributed by atoms with Gasteiger partial charge in [0.1, 0.15) is 6.29 Å². The summed E-state index contributed by atoms with van der Waals surface area (Å²) in [5.41, 5.74) is 22.0. The van der Waals surface area contributed by atoms with Gasteiger partial charge < -0.3 is 37.4 Å². The van der Waals surface area contributed by atoms with Gasteiger partial charge in [-0.15, -0.1) is 0 Å². The molecule has 0 aliphatic heterocycles. The van der Waals surface area contributed by atoms with Crippen LogP contribution < -0.4 is 17.2 Å². The molecule has 4 atom stereocenters. The van der Waals surface area contributed by atoms with Gasteiger partial charge in [0.05, 0.1) is 6.54 Å². The highest BCUT2D eigenvalue weighted by molar-refractivity contribution is 5.86. The van der Waals surface area contributed by atoms with E-state index >= 15 is 0 Å². The third kappa shape index (κ3) is 9.19. The zero-order valence-corrected chi connectivity index (χ0v) is 25.8. The lowest BCUT2D eigenvalue weighted by Crippen LogP contribution is -2.28. The number of nitrogens with two attached hydrogens (primary N) is 3. The number of carboxylic acid groups (broad SMARTS) is 1. The number of aldehydes is 1. The maximum atomic E-state index is 11.9. The average molecular weight is 600 g/mol. The molecule has 1 aliphatic carbocycles. The van der Waals surface area contributed by atoms with Crippen LogP contribution >= 0.6 is 0 Å². The van der Waals surface area contributed by atoms with Crippen molar-refractivity contribution in [3.63, 3.8) is 0 Å². The zero-order chi connectivity index (χ0) is 31.5. The number of hydrogen-bond acceptors (Lipinski definition) is 4. The Morgan fingerprint density at radius 3 is 2.68 bits per heavy atom. The van der Waals surface area contributed by atoms with E-state index in [-0.39, 0.29) is 30.4 Å². The van der Waals surface area contributed by atoms with Crippen molar-refractivity contribution in [2.24, 2.45) is 28.1 Å². The van der Waals surface area contributed by atoms with Crippen LogP contribution in [-0.2, 0) is 22.4 Å². The fourth-order valence-corrected chi connectivity index (χ4v) is 6.61. The minimum absolute atomic E-state index is 0.0634. The number of aliphatic carboxylic acids is 1. The summed E-state index contributed by atoms with van der Waals surface area (Å²) in [5, 5.41) is 17.0. The zero-order valence-electron chi connectivity index (χ0n) is 25.8. The van der Waals surface area contributed by atoms with Crippen molar-refractivity contribution in [1.82, 2.24) is 4.98 Å². The van der Waals surface area contributed by atoms with Gasteiger partial charge in [0.25, 0.3) is 0 Å². The molecule has 8 N–H and O–H groups in total. The van der Waals surface area contributed by atoms with Crippen LogP contribution in [0.1, 0.15) is 80.9 Å². The molecule has 9 nitrogen and oxygen atoms in total. The lowest BCUT2D eigenvalue weighted by atomic mass is 9.69. The molecule has 2 aromatic carbocycles. The molecule has 0 saturated carbocycles. The van der Waals surface area contributed by atoms with E-state index in [0.29, 0.717) is 24.2 Å². The largest absolute Gasteiger partial charge is 0.478 e. The number of carboxylic acids is 1. The van der Waals surface area contributed by atoms with Crippen molar-refractivity contribution in [3.8, 4) is 0 Å². The SMILES string of the molecule is CCCCC(N)CCCC1c2cc3cc(CC=O)ccc3cc2CCC1CC([N-]c1ccc[nH]1)C(=CC(=O)O)CN=C(N)N. The summed E-state index contributed by atoms with van der Waals surface area (Å²) in [6.45, 7) is 2.25. The maximum absolute atomic E-state index is 11.9. The lowest BCUT2D eigenvalue weighted by Gasteiger charge is -2.39. The fourth-order valence-electron chi connectivity index (χ4n) is 6.61. The van der Waals surface area contributed by atoms with E-state index in [1.807, 2.05) is 18.2 Å². The number of unbranched alkanes of at least 4 members (excludes halogenated alkanes) is 1. The number of aliphatic imine (C=N–C) groups is 1. The summed E-state index contributed by atoms with van der Waals surface area (Å²) in [6.07, 6.45) is 13.2. The molecule has 4 unspecified atom stereocenters. The Bertz CT molecular complexity index is 1440. The molecule has 1 aromatic heterocycles. The van der Waals surface area contributed by atoms with Gasteiger partial charge in [0.15, 0.2) is 5.96 Å². The molecule has 1 aliphatic rings. The average Bonchev–Trinajstić information content (AvgIpc) is 3.51. The number of H-pyrrole nitrogens is 1. The van der Waals surface area contributed by atoms with Gasteiger partial charge in [-0.25, -0.2) is 9.79 Å². The van der Waals surface area contributed by atoms with Crippen LogP contribution in [0.25, 0.3) is 16.1 Å². The molecule has 236 valence electrons. The van der Waals surface area contributed by atoms with Gasteiger partial charge >= 0.3 is 5.97 Å². The van der Waals surface area contributed by atoms with Gasteiger partial charge in [-0.2, -0.15) is 0 Å². The Morgan fingerprint density at radius 1 is 1.16 bits per heavy atom. The molecular formula is C35H47N6O3-. The molecule has 1 heterocycles. The molecular weight excluding hydrogens is 552 g/mol. The summed E-state index contributed by atoms with van der Waals surface area (Å²) < 4.78 is 0. The van der Waals surface area contributed by atoms with Gasteiger partial charge in [0, 0.05) is 18.5 Å². The predicted octanol–water partition coefficient (Wildman–Crippen LogP) is 5.99. The van der Waals surface area contributed by atoms with Crippen LogP contribution in [0.2, 0.25) is 0 Å². The van der Waals surface area contributed by atoms with Gasteiger partial charge in [-0.3, -0.25) is 0 Å². The monoisotopic (exact) mass is 599 g/mol. The Balaban J connectivity index is 1.69. The highest BCUT2D eigenvalue weighted by Gasteiger charge is 2.32. The van der Waals surface area contributed by atoms with E-state index in [9.17, 15) is 14.7 Å². The number of benzene rings is 2. The number of nitrogens with zero attached hydrogens (tertiary/aromatic N) is 2. The quantitative estimate of drug-likeness (QED) is 0.0551. The number of guanidine groups is 1. The molecule has 44 heavy (non-hydrogen) atoms. The van der Waals surface area contributed by atoms with Gasteiger partial charge in [-0.1, -0.05) is 80.7 Å². The van der Waals surface area contributed by atoms with Gasteiger partial charge in [0.2, 0.25) is 0 Å². The Kier molecular flexibility index (Phi) is 12.0. The number of nitrogens with one attached hydrogen (secondary N) is 1. The highest BCUT2D eigenvalue weighted by atomic mass is 16.4. The molecule has 3 aromatic rings. The van der Waals surface area contributed by atoms with Crippen LogP contribution in [0, 0.1) is 5.92 Å². The van der Waals surface area contributed by atoms with E-state index in [0.717, 1.165) is 68.6 Å². The second-order valence-electron chi connectivity index (χ2n) is 12.1. The number of rotatable bonds is 17. The lowest BCUT2D eigenvalue weighted by molar-refractivity contribution is -0.131. The van der Waals surface area contributed by atoms with Crippen molar-refractivity contribution in [2.45, 2.75) is 89.1 Å². The van der Waals surface area contributed by atoms with Crippen LogP contribution in [0.5, 0.6) is 0 Å². The molecule has 4 rings (SSSR count). The first-order valence-corrected chi connectivity index (χ1v) is 15.8. The Hall–Kier alpha value is -4.11. The minimum Gasteiger partial charge on any atom is -0.478 e. The number of fused-ring (bicyclic) bond motifs is 2. The summed E-state index contributed by atoms with van der Waals surface area (Å²) >= 11 is 0. The number of carbonyl (C=O) groups excluding carboxylic acids is 1. The van der Waals surface area contributed by atoms with Crippen LogP contribution in [-0.4, -0.2) is 46.9 Å². The van der Waals surface area contributed by atoms with Crippen molar-refractivity contribution in [2.75, 3.05) is 6.54 Å². The minimum atomic E-state index is -1.05. The van der Waals surface area contributed by atoms with Crippen LogP contribution in [0.15, 0.2) is 65.3 Å². The fraction of sp³-hybridized carbons (Fsp3) is 0.457. The van der Waals surface area contributed by atoms with Crippen LogP contribution in [0.4, 0.5) is 5.82 Å². The number of hydrogen-bond donors (Lipinski definition) is 5. The first-order valence-electron chi connectivity index (χ1n) is 15.8. The van der Waals surface area contributed by atoms with Gasteiger partial charge in [-0.05, 0) is 89.4 Å². The number of aryl methyl sites for hydroxylation is 1. The third-order valence-electron chi connectivity index (χ3n) is 8.84. The molecule has 0 fully saturated rings. The van der Waals surface area contributed by atoms with Crippen molar-refractivity contribution in [3.05, 3.63) is 82.3 Å². The summed E-state index contributed by atoms with van der Waals surface area (Å²) in [4.78, 5) is 30.4. The summed E-state index contributed by atoms with van der Waals surface area (Å²) in [6, 6.07) is 14.4. The Labute approximate surface area is 260 Å². The molecule has 0 saturated heterocycles. The normalized spacial score (nSPS) is 17.9. The van der Waals surface area contributed by atoms with Crippen LogP contribution in [0.3, 0.4) is 0 Å². The number of aromatic amines is 1. The number of carbonyl (C=O) groups is 2. The molecule has 9 heteroatoms. The summed E-state index contributed by atoms with van der Waals surface area (Å²) in [7, 11) is 0. The topological polar surface area (TPSA) is 175 Å². The van der Waals surface area contributed by atoms with Crippen molar-refractivity contribution < 1.29 is 14.7 Å². The third-order valence-corrected chi connectivity index (χ3v) is 8.84. The first-order chi connectivity index (χ1) is 21.3. The smallest absolute Gasteiger partial charge is 0.328 e. The predicted molar refractivity (Wildman–Crippen MR) is 178 cm³/mol. The highest BCUT2D eigenvalue weighted by Crippen LogP contribution is 2.45. The first kappa shape index (κ1) is 32.8. The van der Waals surface area contributed by atoms with E-state index in [1.165, 1.54) is 22.6 Å². The number of aromatic nitrogens is 1. The maximum Gasteiger partial charge on any atom is 0.328 e. The molecule has 0 amide bonds. The second-order valence-corrected chi connectivity index (χ2v) is 12.1. The van der Waals surface area contributed by atoms with Crippen molar-refractivity contribution in [1.29, 1.82) is 0 Å². The standard InChI is InChI=1S/C35H47N6O3/c1-2-3-6-29(36)7-4-8-30-26(13-12-25-18-24-11-10-23(14-16-42)17-27(24)19-31(25)30)20-32(41-33-9-5-15-39-33)28(21-34(43)44)22-40-35(37)38/h5,9-11,15-19,21,26,29-30,32,39H,2-4,6-8,12-14,20,22,36H2,1H3,(H,43,44)(H4,37,38,40)/q-1. The Morgan fingerprint density at radius 2 is 1.98 bits per heavy atom. The van der Waals surface area contributed by atoms with Crippen molar-refractivity contribution >= 4 is 34.8 Å².